The van der Waals surface area contributed by atoms with Gasteiger partial charge in [-0.25, -0.2) is 0 Å². The predicted octanol–water partition coefficient (Wildman–Crippen LogP) is 0.297. The van der Waals surface area contributed by atoms with Gasteiger partial charge in [0, 0.05) is 6.54 Å². The van der Waals surface area contributed by atoms with Gasteiger partial charge in [-0.3, -0.25) is 4.79 Å². The van der Waals surface area contributed by atoms with Crippen molar-refractivity contribution in [3.63, 3.8) is 0 Å². The van der Waals surface area contributed by atoms with Crippen LogP contribution in [0, 0.1) is 5.95 Å². The summed E-state index contributed by atoms with van der Waals surface area (Å²) in [6.07, 6.45) is 0.855. The topological polar surface area (TPSA) is 58.1 Å². The smallest absolute Gasteiger partial charge is 0.271 e. The van der Waals surface area contributed by atoms with Gasteiger partial charge in [0.2, 0.25) is 5.95 Å². The third-order valence-electron chi connectivity index (χ3n) is 1.93. The summed E-state index contributed by atoms with van der Waals surface area (Å²) < 4.78 is 12.4. The Balaban J connectivity index is 2.32. The lowest BCUT2D eigenvalue weighted by Gasteiger charge is -2.09. The average molecular weight is 225 g/mol. The van der Waals surface area contributed by atoms with Crippen LogP contribution in [0.3, 0.4) is 0 Å². The molecule has 0 aliphatic rings. The van der Waals surface area contributed by atoms with Gasteiger partial charge >= 0.3 is 0 Å². The SMILES string of the molecule is CN(C)CCCNC(=O)c1ccc([18F])nn1. The highest BCUT2D eigenvalue weighted by Gasteiger charge is 2.06. The van der Waals surface area contributed by atoms with E-state index in [1.807, 2.05) is 19.0 Å². The number of hydrogen-bond acceptors (Lipinski definition) is 4. The van der Waals surface area contributed by atoms with E-state index in [1.165, 1.54) is 6.07 Å². The number of carbonyl (C=O) groups excluding carboxylic acids is 1. The van der Waals surface area contributed by atoms with Crippen LogP contribution in [-0.2, 0) is 0 Å². The number of aromatic nitrogens is 2. The van der Waals surface area contributed by atoms with E-state index in [0.717, 1.165) is 19.0 Å². The second-order valence-electron chi connectivity index (χ2n) is 3.65. The summed E-state index contributed by atoms with van der Waals surface area (Å²) in [4.78, 5) is 13.5. The summed E-state index contributed by atoms with van der Waals surface area (Å²) in [6, 6.07) is 2.42. The van der Waals surface area contributed by atoms with Gasteiger partial charge < -0.3 is 10.2 Å². The second-order valence-corrected chi connectivity index (χ2v) is 3.65. The molecule has 1 aromatic heterocycles. The van der Waals surface area contributed by atoms with E-state index in [-0.39, 0.29) is 11.6 Å². The standard InChI is InChI=1S/C10H15FN4O/c1-15(2)7-3-6-12-10(16)8-4-5-9(11)14-13-8/h4-5H,3,6-7H2,1-2H3,(H,12,16)/i11-1. The minimum atomic E-state index is -0.691. The van der Waals surface area contributed by atoms with Crippen LogP contribution in [0.1, 0.15) is 16.9 Å². The Labute approximate surface area is 93.7 Å². The van der Waals surface area contributed by atoms with Crippen molar-refractivity contribution < 1.29 is 9.18 Å². The Morgan fingerprint density at radius 1 is 1.44 bits per heavy atom. The van der Waals surface area contributed by atoms with Gasteiger partial charge in [0.1, 0.15) is 0 Å². The highest BCUT2D eigenvalue weighted by molar-refractivity contribution is 5.91. The van der Waals surface area contributed by atoms with E-state index in [2.05, 4.69) is 15.5 Å². The zero-order valence-electron chi connectivity index (χ0n) is 9.40. The second kappa shape index (κ2) is 6.12. The van der Waals surface area contributed by atoms with Gasteiger partial charge in [0.05, 0.1) is 0 Å². The number of nitrogens with one attached hydrogen (secondary N) is 1. The first kappa shape index (κ1) is 12.5. The summed E-state index contributed by atoms with van der Waals surface area (Å²) >= 11 is 0. The molecule has 16 heavy (non-hydrogen) atoms. The fraction of sp³-hybridized carbons (Fsp3) is 0.500. The number of rotatable bonds is 5. The molecule has 0 atom stereocenters. The van der Waals surface area contributed by atoms with Crippen molar-refractivity contribution in [1.29, 1.82) is 0 Å². The molecule has 1 rings (SSSR count). The number of amides is 1. The minimum absolute atomic E-state index is 0.131. The maximum Gasteiger partial charge on any atom is 0.271 e. The van der Waals surface area contributed by atoms with Crippen LogP contribution in [0.5, 0.6) is 0 Å². The molecular formula is C10H15FN4O. The van der Waals surface area contributed by atoms with Gasteiger partial charge in [0.25, 0.3) is 5.91 Å². The van der Waals surface area contributed by atoms with Gasteiger partial charge in [-0.2, -0.15) is 4.39 Å². The van der Waals surface area contributed by atoms with Crippen molar-refractivity contribution in [2.75, 3.05) is 27.2 Å². The molecule has 0 unspecified atom stereocenters. The monoisotopic (exact) mass is 225 g/mol. The van der Waals surface area contributed by atoms with Crippen LogP contribution < -0.4 is 5.32 Å². The first-order valence-corrected chi connectivity index (χ1v) is 5.02. The summed E-state index contributed by atoms with van der Waals surface area (Å²) in [6.45, 7) is 1.46. The molecule has 0 saturated heterocycles. The lowest BCUT2D eigenvalue weighted by Crippen LogP contribution is -2.28. The van der Waals surface area contributed by atoms with Crippen molar-refractivity contribution >= 4 is 5.91 Å². The molecule has 1 heterocycles. The van der Waals surface area contributed by atoms with E-state index in [1.54, 1.807) is 0 Å². The van der Waals surface area contributed by atoms with Crippen molar-refractivity contribution in [3.8, 4) is 0 Å². The third-order valence-corrected chi connectivity index (χ3v) is 1.93. The zero-order chi connectivity index (χ0) is 12.0. The highest BCUT2D eigenvalue weighted by atomic mass is 18.2. The maximum absolute atomic E-state index is 12.4. The molecule has 0 aromatic carbocycles. The molecule has 0 aliphatic heterocycles. The minimum Gasteiger partial charge on any atom is -0.351 e. The lowest BCUT2D eigenvalue weighted by atomic mass is 10.3. The molecule has 1 N–H and O–H groups in total. The molecule has 1 aromatic rings. The van der Waals surface area contributed by atoms with Crippen molar-refractivity contribution in [1.82, 2.24) is 20.4 Å². The molecule has 0 aliphatic carbocycles. The molecule has 1 amide bonds. The molecule has 0 radical (unpaired) electrons. The molecule has 0 saturated carbocycles. The van der Waals surface area contributed by atoms with Crippen LogP contribution in [0.25, 0.3) is 0 Å². The van der Waals surface area contributed by atoms with Crippen LogP contribution >= 0.6 is 0 Å². The van der Waals surface area contributed by atoms with Crippen LogP contribution in [0.2, 0.25) is 0 Å². The average Bonchev–Trinajstić information content (AvgIpc) is 2.25. The number of carbonyl (C=O) groups is 1. The summed E-state index contributed by atoms with van der Waals surface area (Å²) in [5.74, 6) is -1.02. The summed E-state index contributed by atoms with van der Waals surface area (Å²) in [5, 5.41) is 9.30. The number of nitrogens with zero attached hydrogens (tertiary/aromatic N) is 3. The first-order valence-electron chi connectivity index (χ1n) is 5.02. The summed E-state index contributed by atoms with van der Waals surface area (Å²) in [5.41, 5.74) is 0.131. The normalized spacial score (nSPS) is 10.5. The summed E-state index contributed by atoms with van der Waals surface area (Å²) in [7, 11) is 3.93. The zero-order valence-corrected chi connectivity index (χ0v) is 9.40. The number of hydrogen-bond donors (Lipinski definition) is 1. The molecule has 5 nitrogen and oxygen atoms in total. The van der Waals surface area contributed by atoms with Gasteiger partial charge in [0.15, 0.2) is 5.69 Å². The lowest BCUT2D eigenvalue weighted by molar-refractivity contribution is 0.0946. The van der Waals surface area contributed by atoms with E-state index in [4.69, 9.17) is 0 Å². The van der Waals surface area contributed by atoms with E-state index >= 15 is 0 Å². The molecule has 6 heteroatoms. The molecule has 0 bridgehead atoms. The molecule has 0 fully saturated rings. The fourth-order valence-electron chi connectivity index (χ4n) is 1.12. The van der Waals surface area contributed by atoms with E-state index in [9.17, 15) is 9.18 Å². The van der Waals surface area contributed by atoms with Gasteiger partial charge in [-0.15, -0.1) is 10.2 Å². The van der Waals surface area contributed by atoms with E-state index in [0.29, 0.717) is 6.54 Å². The van der Waals surface area contributed by atoms with Crippen molar-refractivity contribution in [3.05, 3.63) is 23.8 Å². The Morgan fingerprint density at radius 2 is 2.19 bits per heavy atom. The first-order chi connectivity index (χ1) is 7.59. The van der Waals surface area contributed by atoms with Crippen LogP contribution in [0.15, 0.2) is 12.1 Å². The third kappa shape index (κ3) is 4.31. The Hall–Kier alpha value is -1.56. The Kier molecular flexibility index (Phi) is 4.78. The van der Waals surface area contributed by atoms with E-state index < -0.39 is 5.95 Å². The fourth-order valence-corrected chi connectivity index (χ4v) is 1.12. The van der Waals surface area contributed by atoms with Gasteiger partial charge in [-0.05, 0) is 39.2 Å². The van der Waals surface area contributed by atoms with Crippen molar-refractivity contribution in [2.45, 2.75) is 6.42 Å². The Bertz CT molecular complexity index is 339. The van der Waals surface area contributed by atoms with Crippen LogP contribution in [-0.4, -0.2) is 48.2 Å². The highest BCUT2D eigenvalue weighted by Crippen LogP contribution is 1.94. The molecule has 88 valence electrons. The quantitative estimate of drug-likeness (QED) is 0.732. The largest absolute Gasteiger partial charge is 0.351 e. The maximum atomic E-state index is 12.4. The predicted molar refractivity (Wildman–Crippen MR) is 57.5 cm³/mol. The molecular weight excluding hydrogens is 210 g/mol. The van der Waals surface area contributed by atoms with Gasteiger partial charge in [-0.1, -0.05) is 0 Å². The Morgan fingerprint density at radius 3 is 2.75 bits per heavy atom. The number of halogens is 1. The van der Waals surface area contributed by atoms with Crippen LogP contribution in [0.4, 0.5) is 4.39 Å². The molecule has 0 spiro atoms. The van der Waals surface area contributed by atoms with Crippen molar-refractivity contribution in [2.24, 2.45) is 0 Å².